The van der Waals surface area contributed by atoms with Gasteiger partial charge in [0.2, 0.25) is 0 Å². The van der Waals surface area contributed by atoms with Crippen molar-refractivity contribution in [1.29, 1.82) is 0 Å². The molecule has 0 radical (unpaired) electrons. The van der Waals surface area contributed by atoms with Crippen LogP contribution >= 0.6 is 7.91 Å². The maximum Gasteiger partial charge on any atom is 0.513 e. The number of hydrogen-bond acceptors (Lipinski definition) is 3. The van der Waals surface area contributed by atoms with E-state index in [2.05, 4.69) is 9.05 Å². The van der Waals surface area contributed by atoms with Gasteiger partial charge in [-0.05, 0) is 13.3 Å². The van der Waals surface area contributed by atoms with Gasteiger partial charge in [0.25, 0.3) is 0 Å². The van der Waals surface area contributed by atoms with Gasteiger partial charge in [-0.1, -0.05) is 0 Å². The number of rotatable bonds is 0. The van der Waals surface area contributed by atoms with Crippen LogP contribution in [0.5, 0.6) is 0 Å². The first-order chi connectivity index (χ1) is 4.10. The molecule has 0 unspecified atom stereocenters. The quantitative estimate of drug-likeness (QED) is 0.500. The zero-order chi connectivity index (χ0) is 6.91. The molecule has 0 N–H and O–H groups in total. The monoisotopic (exact) mass is 154 g/mol. The highest BCUT2D eigenvalue weighted by Crippen LogP contribution is 2.53. The molecule has 1 aliphatic rings. The second-order valence-corrected chi connectivity index (χ2v) is 3.30. The number of halogens is 1. The lowest BCUT2D eigenvalue weighted by Gasteiger charge is -2.20. The molecule has 0 aromatic carbocycles. The minimum atomic E-state index is -4.14. The Bertz CT molecular complexity index is 149. The van der Waals surface area contributed by atoms with Crippen molar-refractivity contribution in [2.45, 2.75) is 19.4 Å². The molecule has 0 spiro atoms. The second kappa shape index (κ2) is 2.37. The average Bonchev–Trinajstić information content (AvgIpc) is 1.60. The Morgan fingerprint density at radius 1 is 1.78 bits per heavy atom. The molecular weight excluding hydrogens is 146 g/mol. The van der Waals surface area contributed by atoms with E-state index < -0.39 is 7.91 Å². The Hall–Kier alpha value is 0.0800. The first kappa shape index (κ1) is 7.19. The smallest absolute Gasteiger partial charge is 0.283 e. The van der Waals surface area contributed by atoms with Crippen LogP contribution in [0.4, 0.5) is 4.20 Å². The summed E-state index contributed by atoms with van der Waals surface area (Å²) >= 11 is 0. The summed E-state index contributed by atoms with van der Waals surface area (Å²) < 4.78 is 31.1. The summed E-state index contributed by atoms with van der Waals surface area (Å²) in [6.45, 7) is 1.85. The van der Waals surface area contributed by atoms with Crippen LogP contribution in [0.15, 0.2) is 0 Å². The first-order valence-corrected chi connectivity index (χ1v) is 4.16. The lowest BCUT2D eigenvalue weighted by molar-refractivity contribution is 0.0724. The average molecular weight is 154 g/mol. The van der Waals surface area contributed by atoms with E-state index in [1.165, 1.54) is 0 Å². The van der Waals surface area contributed by atoms with Crippen molar-refractivity contribution in [1.82, 2.24) is 0 Å². The summed E-state index contributed by atoms with van der Waals surface area (Å²) in [5, 5.41) is 0. The van der Waals surface area contributed by atoms with Gasteiger partial charge in [-0.15, -0.1) is 4.20 Å². The third-order valence-electron chi connectivity index (χ3n) is 1.08. The fourth-order valence-corrected chi connectivity index (χ4v) is 1.55. The standard InChI is InChI=1S/C4H8FO3P/c1-4-2-3-7-9(5,6)8-4/h4H,2-3H2,1H3/t4-,9+/m0/s1. The molecule has 0 aromatic heterocycles. The van der Waals surface area contributed by atoms with Gasteiger partial charge in [-0.2, -0.15) is 0 Å². The van der Waals surface area contributed by atoms with Crippen LogP contribution in [-0.4, -0.2) is 12.7 Å². The van der Waals surface area contributed by atoms with Crippen LogP contribution in [0.3, 0.4) is 0 Å². The molecule has 1 heterocycles. The zero-order valence-electron chi connectivity index (χ0n) is 5.04. The van der Waals surface area contributed by atoms with Crippen molar-refractivity contribution < 1.29 is 17.8 Å². The van der Waals surface area contributed by atoms with Crippen LogP contribution < -0.4 is 0 Å². The maximum atomic E-state index is 12.2. The van der Waals surface area contributed by atoms with Gasteiger partial charge in [-0.3, -0.25) is 9.05 Å². The predicted molar refractivity (Wildman–Crippen MR) is 29.8 cm³/mol. The highest BCUT2D eigenvalue weighted by Gasteiger charge is 2.31. The van der Waals surface area contributed by atoms with Crippen molar-refractivity contribution in [3.05, 3.63) is 0 Å². The summed E-state index contributed by atoms with van der Waals surface area (Å²) in [6.07, 6.45) is 0.322. The molecule has 0 saturated carbocycles. The van der Waals surface area contributed by atoms with E-state index in [0.717, 1.165) is 0 Å². The van der Waals surface area contributed by atoms with E-state index in [0.29, 0.717) is 6.42 Å². The summed E-state index contributed by atoms with van der Waals surface area (Å²) in [5.41, 5.74) is 0. The van der Waals surface area contributed by atoms with Gasteiger partial charge in [0.05, 0.1) is 12.7 Å². The normalized spacial score (nSPS) is 44.9. The minimum absolute atomic E-state index is 0.189. The van der Waals surface area contributed by atoms with E-state index >= 15 is 0 Å². The minimum Gasteiger partial charge on any atom is -0.283 e. The van der Waals surface area contributed by atoms with Crippen LogP contribution in [0.2, 0.25) is 0 Å². The molecule has 1 rings (SSSR count). The molecular formula is C4H8FO3P. The Kier molecular flexibility index (Phi) is 1.89. The summed E-state index contributed by atoms with van der Waals surface area (Å²) in [7, 11) is -4.14. The van der Waals surface area contributed by atoms with Gasteiger partial charge in [-0.25, -0.2) is 4.57 Å². The molecule has 0 bridgehead atoms. The van der Waals surface area contributed by atoms with E-state index in [1.807, 2.05) is 0 Å². The van der Waals surface area contributed by atoms with Crippen molar-refractivity contribution >= 4 is 7.91 Å². The molecule has 1 saturated heterocycles. The largest absolute Gasteiger partial charge is 0.513 e. The highest BCUT2D eigenvalue weighted by atomic mass is 31.2. The third kappa shape index (κ3) is 2.05. The van der Waals surface area contributed by atoms with Crippen LogP contribution in [0.25, 0.3) is 0 Å². The third-order valence-corrected chi connectivity index (χ3v) is 2.18. The Morgan fingerprint density at radius 2 is 2.44 bits per heavy atom. The highest BCUT2D eigenvalue weighted by molar-refractivity contribution is 7.48. The Balaban J connectivity index is 2.51. The lowest BCUT2D eigenvalue weighted by atomic mass is 10.3. The van der Waals surface area contributed by atoms with Gasteiger partial charge >= 0.3 is 7.91 Å². The van der Waals surface area contributed by atoms with Crippen LogP contribution in [0.1, 0.15) is 13.3 Å². The van der Waals surface area contributed by atoms with Gasteiger partial charge < -0.3 is 0 Å². The van der Waals surface area contributed by atoms with E-state index in [1.54, 1.807) is 6.92 Å². The van der Waals surface area contributed by atoms with Gasteiger partial charge in [0.15, 0.2) is 0 Å². The topological polar surface area (TPSA) is 35.5 Å². The molecule has 1 aliphatic heterocycles. The van der Waals surface area contributed by atoms with Crippen LogP contribution in [-0.2, 0) is 13.6 Å². The molecule has 1 fully saturated rings. The maximum absolute atomic E-state index is 12.2. The molecule has 5 heteroatoms. The fraction of sp³-hybridized carbons (Fsp3) is 1.00. The van der Waals surface area contributed by atoms with Crippen molar-refractivity contribution in [3.8, 4) is 0 Å². The summed E-state index contributed by atoms with van der Waals surface area (Å²) in [6, 6.07) is 0. The molecule has 3 nitrogen and oxygen atoms in total. The predicted octanol–water partition coefficient (Wildman–Crippen LogP) is 1.89. The van der Waals surface area contributed by atoms with E-state index in [9.17, 15) is 8.76 Å². The molecule has 0 amide bonds. The Labute approximate surface area is 52.8 Å². The molecule has 54 valence electrons. The van der Waals surface area contributed by atoms with Gasteiger partial charge in [0, 0.05) is 0 Å². The molecule has 2 atom stereocenters. The van der Waals surface area contributed by atoms with Crippen molar-refractivity contribution in [2.75, 3.05) is 6.61 Å². The Morgan fingerprint density at radius 3 is 2.78 bits per heavy atom. The zero-order valence-corrected chi connectivity index (χ0v) is 5.94. The SMILES string of the molecule is C[C@H]1CCO[P@](=O)(F)O1. The van der Waals surface area contributed by atoms with Crippen molar-refractivity contribution in [2.24, 2.45) is 0 Å². The summed E-state index contributed by atoms with van der Waals surface area (Å²) in [5.74, 6) is 0. The molecule has 0 aliphatic carbocycles. The van der Waals surface area contributed by atoms with Crippen LogP contribution in [0, 0.1) is 0 Å². The summed E-state index contributed by atoms with van der Waals surface area (Å²) in [4.78, 5) is 0. The molecule has 0 aromatic rings. The van der Waals surface area contributed by atoms with E-state index in [4.69, 9.17) is 0 Å². The fourth-order valence-electron chi connectivity index (χ4n) is 0.626. The second-order valence-electron chi connectivity index (χ2n) is 1.97. The van der Waals surface area contributed by atoms with Gasteiger partial charge in [0.1, 0.15) is 0 Å². The van der Waals surface area contributed by atoms with E-state index in [-0.39, 0.29) is 12.7 Å². The first-order valence-electron chi connectivity index (χ1n) is 2.73. The molecule has 9 heavy (non-hydrogen) atoms. The lowest BCUT2D eigenvalue weighted by Crippen LogP contribution is -2.14. The van der Waals surface area contributed by atoms with Crippen molar-refractivity contribution in [3.63, 3.8) is 0 Å². The number of hydrogen-bond donors (Lipinski definition) is 0.